The molecule has 0 saturated carbocycles. The fraction of sp³-hybridized carbons (Fsp3) is 0.360. The molecule has 2 aliphatic carbocycles. The molecule has 0 radical (unpaired) electrons. The number of phenolic OH excluding ortho intramolecular Hbond substituents is 1. The number of nitrogens with two attached hydrogens (primary N) is 1. The molecule has 4 aromatic carbocycles. The van der Waals surface area contributed by atoms with E-state index < -0.39 is 12.4 Å². The molecule has 4 aliphatic rings. The number of benzene rings is 4. The molecule has 0 unspecified atom stereocenters. The summed E-state index contributed by atoms with van der Waals surface area (Å²) in [4.78, 5) is 17.7. The molecule has 6 bridgehead atoms. The number of unbranched alkanes of at least 4 members (excludes halogenated alkanes) is 1. The van der Waals surface area contributed by atoms with Crippen molar-refractivity contribution in [2.45, 2.75) is 89.6 Å². The molecule has 4 aromatic rings. The molecule has 4 atom stereocenters. The van der Waals surface area contributed by atoms with Crippen LogP contribution in [-0.4, -0.2) is 52.4 Å². The summed E-state index contributed by atoms with van der Waals surface area (Å²) in [5.41, 5.74) is 11.9. The number of aliphatic hydroxyl groups is 3. The number of anilines is 1. The fourth-order valence-electron chi connectivity index (χ4n) is 8.76. The van der Waals surface area contributed by atoms with E-state index in [2.05, 4.69) is 40.5 Å². The number of guanidine groups is 1. The number of carbonyl (C=O) groups is 1. The highest BCUT2D eigenvalue weighted by Gasteiger charge is 2.28. The smallest absolute Gasteiger partial charge is 0.192 e. The topological polar surface area (TPSA) is 176 Å². The van der Waals surface area contributed by atoms with Crippen LogP contribution in [0.2, 0.25) is 0 Å². The number of aryl methyl sites for hydroxylation is 2. The van der Waals surface area contributed by atoms with Gasteiger partial charge in [-0.25, -0.2) is 0 Å². The summed E-state index contributed by atoms with van der Waals surface area (Å²) >= 11 is 0. The van der Waals surface area contributed by atoms with Crippen molar-refractivity contribution in [3.05, 3.63) is 124 Å². The van der Waals surface area contributed by atoms with Crippen molar-refractivity contribution in [1.82, 2.24) is 0 Å². The van der Waals surface area contributed by atoms with Crippen LogP contribution < -0.4 is 20.5 Å². The Balaban J connectivity index is 1.16. The van der Waals surface area contributed by atoms with Gasteiger partial charge in [-0.1, -0.05) is 55.7 Å². The van der Waals surface area contributed by atoms with Crippen molar-refractivity contribution < 1.29 is 39.4 Å². The van der Waals surface area contributed by atoms with Crippen molar-refractivity contribution in [3.8, 4) is 29.3 Å². The molecule has 7 N–H and O–H groups in total. The van der Waals surface area contributed by atoms with Crippen LogP contribution in [0.3, 0.4) is 0 Å². The molecule has 2 heterocycles. The zero-order valence-corrected chi connectivity index (χ0v) is 35.0. The van der Waals surface area contributed by atoms with Crippen LogP contribution in [-0.2, 0) is 35.4 Å². The van der Waals surface area contributed by atoms with Gasteiger partial charge in [0, 0.05) is 54.6 Å². The number of rotatable bonds is 10. The van der Waals surface area contributed by atoms with E-state index >= 15 is 0 Å². The largest absolute Gasteiger partial charge is 0.508 e. The summed E-state index contributed by atoms with van der Waals surface area (Å²) in [7, 11) is 3.20. The highest BCUT2D eigenvalue weighted by molar-refractivity contribution is 6.01. The molecular weight excluding hydrogens is 771 g/mol. The number of carbonyl (C=O) groups excluding carboxylic acids is 1. The number of Topliss-reactive ketones (excluding diaryl/α,β-unsaturated/α-hetero) is 1. The van der Waals surface area contributed by atoms with Crippen molar-refractivity contribution in [3.63, 3.8) is 0 Å². The second-order valence-electron chi connectivity index (χ2n) is 16.2. The van der Waals surface area contributed by atoms with E-state index in [4.69, 9.17) is 19.9 Å². The van der Waals surface area contributed by atoms with Gasteiger partial charge in [0.2, 0.25) is 0 Å². The molecule has 2 aliphatic heterocycles. The fourth-order valence-corrected chi connectivity index (χ4v) is 8.76. The number of phenols is 1. The number of fused-ring (bicyclic) bond motifs is 9. The third-order valence-corrected chi connectivity index (χ3v) is 12.0. The molecule has 8 rings (SSSR count). The maximum atomic E-state index is 13.7. The molecule has 318 valence electrons. The molecule has 0 spiro atoms. The summed E-state index contributed by atoms with van der Waals surface area (Å²) in [6.45, 7) is 2.06. The molecule has 61 heavy (non-hydrogen) atoms. The molecule has 0 fully saturated rings. The first-order valence-corrected chi connectivity index (χ1v) is 21.0. The zero-order valence-electron chi connectivity index (χ0n) is 35.0. The highest BCUT2D eigenvalue weighted by Crippen LogP contribution is 2.44. The SMILES string of the molecule is CN=C(N)Nc1cccc(CCCC[C@@H]2C=CC(O)=C[C@H]2C[C@H]2CC(=O)CCc3ccc(OC)c(c3)OCc3c(C(O)O)cc4c(c(O)cc5c4c3C=C[C@H]5C)CC#CO2)c1. The number of aliphatic hydroxyl groups excluding tert-OH is 2. The average molecular weight is 826 g/mol. The van der Waals surface area contributed by atoms with Crippen LogP contribution >= 0.6 is 0 Å². The number of nitrogens with zero attached hydrogens (tertiary/aromatic N) is 1. The van der Waals surface area contributed by atoms with Crippen molar-refractivity contribution in [2.24, 2.45) is 22.6 Å². The predicted octanol–water partition coefficient (Wildman–Crippen LogP) is 8.44. The second kappa shape index (κ2) is 19.4. The summed E-state index contributed by atoms with van der Waals surface area (Å²) in [6, 6.07) is 17.2. The third-order valence-electron chi connectivity index (χ3n) is 12.0. The quantitative estimate of drug-likeness (QED) is 0.0299. The Hall–Kier alpha value is -6.22. The number of hydrogen-bond acceptors (Lipinski definition) is 9. The first-order chi connectivity index (χ1) is 29.5. The van der Waals surface area contributed by atoms with Crippen LogP contribution in [0.25, 0.3) is 16.8 Å². The molecule has 0 aromatic heterocycles. The number of allylic oxidation sites excluding steroid dienone is 4. The van der Waals surface area contributed by atoms with Gasteiger partial charge in [-0.3, -0.25) is 9.79 Å². The van der Waals surface area contributed by atoms with Crippen molar-refractivity contribution in [2.75, 3.05) is 19.5 Å². The van der Waals surface area contributed by atoms with E-state index in [0.717, 1.165) is 53.4 Å². The van der Waals surface area contributed by atoms with Gasteiger partial charge in [-0.15, -0.1) is 0 Å². The van der Waals surface area contributed by atoms with E-state index in [1.54, 1.807) is 32.4 Å². The Morgan fingerprint density at radius 2 is 1.89 bits per heavy atom. The van der Waals surface area contributed by atoms with Crippen molar-refractivity contribution in [1.29, 1.82) is 0 Å². The standard InChI is InChI=1S/C50H55N3O8/c1-30-13-19-40-44-29-61-47-23-32(15-20-46(47)59-3)14-17-37(55)26-38(60-21-7-12-39-42(27-43(44)49(57)58)48(40)41(30)28-45(39)56)25-34-24-36(54)18-16-33(34)10-5-4-8-31-9-6-11-35(22-31)53-50(51)52-2/h6,9,11,13,15-16,18-20,22-24,27-28,30,33-34,38,49,54,56-58H,4-5,8,10,12,14,17,25-26,29H2,1-3H3,(H3,51,52,53)/t30-,33-,34+,38+/m1/s1. The Kier molecular flexibility index (Phi) is 13.7. The van der Waals surface area contributed by atoms with Gasteiger partial charge in [-0.05, 0) is 126 Å². The van der Waals surface area contributed by atoms with E-state index in [0.29, 0.717) is 46.8 Å². The van der Waals surface area contributed by atoms with Gasteiger partial charge in [-0.2, -0.15) is 0 Å². The maximum absolute atomic E-state index is 13.7. The van der Waals surface area contributed by atoms with Crippen LogP contribution in [0.5, 0.6) is 17.2 Å². The minimum Gasteiger partial charge on any atom is -0.508 e. The average Bonchev–Trinajstić information content (AvgIpc) is 3.24. The minimum absolute atomic E-state index is 0.00674. The Morgan fingerprint density at radius 1 is 1.03 bits per heavy atom. The molecule has 0 amide bonds. The van der Waals surface area contributed by atoms with E-state index in [1.807, 2.05) is 55.5 Å². The highest BCUT2D eigenvalue weighted by atomic mass is 16.5. The van der Waals surface area contributed by atoms with Gasteiger partial charge in [0.25, 0.3) is 0 Å². The van der Waals surface area contributed by atoms with Crippen molar-refractivity contribution >= 4 is 34.3 Å². The van der Waals surface area contributed by atoms with Gasteiger partial charge in [0.1, 0.15) is 36.1 Å². The lowest BCUT2D eigenvalue weighted by atomic mass is 9.80. The lowest BCUT2D eigenvalue weighted by Gasteiger charge is -2.28. The summed E-state index contributed by atoms with van der Waals surface area (Å²) < 4.78 is 18.3. The first kappa shape index (κ1) is 42.9. The second-order valence-corrected chi connectivity index (χ2v) is 16.2. The molecular formula is C50H55N3O8. The van der Waals surface area contributed by atoms with E-state index in [1.165, 1.54) is 5.56 Å². The van der Waals surface area contributed by atoms with E-state index in [9.17, 15) is 25.2 Å². The number of nitrogens with one attached hydrogen (secondary N) is 1. The van der Waals surface area contributed by atoms with Crippen LogP contribution in [0, 0.1) is 23.9 Å². The van der Waals surface area contributed by atoms with Gasteiger partial charge < -0.3 is 45.7 Å². The Bertz CT molecular complexity index is 2460. The predicted molar refractivity (Wildman–Crippen MR) is 238 cm³/mol. The Labute approximate surface area is 357 Å². The van der Waals surface area contributed by atoms with Gasteiger partial charge >= 0.3 is 0 Å². The number of ether oxygens (including phenoxy) is 3. The number of aromatic hydroxyl groups is 1. The summed E-state index contributed by atoms with van der Waals surface area (Å²) in [6.07, 6.45) is 15.3. The van der Waals surface area contributed by atoms with Gasteiger partial charge in [0.05, 0.1) is 7.11 Å². The summed E-state index contributed by atoms with van der Waals surface area (Å²) in [5, 5.41) is 48.1. The van der Waals surface area contributed by atoms with E-state index in [-0.39, 0.29) is 66.5 Å². The number of methoxy groups -OCH3 is 1. The zero-order chi connectivity index (χ0) is 43.0. The van der Waals surface area contributed by atoms with Crippen LogP contribution in [0.4, 0.5) is 5.69 Å². The number of ketones is 1. The van der Waals surface area contributed by atoms with Gasteiger partial charge in [0.15, 0.2) is 23.7 Å². The maximum Gasteiger partial charge on any atom is 0.192 e. The monoisotopic (exact) mass is 825 g/mol. The molecule has 11 nitrogen and oxygen atoms in total. The number of aliphatic imine (C=N–C) groups is 1. The summed E-state index contributed by atoms with van der Waals surface area (Å²) in [5.74, 6) is 4.69. The minimum atomic E-state index is -1.82. The number of hydrogen-bond donors (Lipinski definition) is 6. The lowest BCUT2D eigenvalue weighted by Crippen LogP contribution is -2.24. The lowest BCUT2D eigenvalue weighted by molar-refractivity contribution is -0.121. The first-order valence-electron chi connectivity index (χ1n) is 21.0. The third kappa shape index (κ3) is 10.2. The molecule has 11 heteroatoms. The molecule has 0 saturated heterocycles. The Morgan fingerprint density at radius 3 is 2.69 bits per heavy atom. The van der Waals surface area contributed by atoms with Crippen LogP contribution in [0.1, 0.15) is 96.6 Å². The normalized spacial score (nSPS) is 20.3. The van der Waals surface area contributed by atoms with Crippen LogP contribution in [0.15, 0.2) is 89.7 Å².